The van der Waals surface area contributed by atoms with Gasteiger partial charge in [-0.05, 0) is 39.8 Å². The number of likely N-dealkylation sites (N-methyl/N-ethyl adjacent to an activating group) is 1. The maximum atomic E-state index is 5.61. The highest BCUT2D eigenvalue weighted by Gasteiger charge is 2.09. The molecule has 1 aromatic rings. The normalized spacial score (nSPS) is 13.3. The van der Waals surface area contributed by atoms with Gasteiger partial charge in [0.2, 0.25) is 0 Å². The van der Waals surface area contributed by atoms with Crippen molar-refractivity contribution in [3.63, 3.8) is 0 Å². The van der Waals surface area contributed by atoms with Crippen molar-refractivity contribution in [2.75, 3.05) is 13.7 Å². The lowest BCUT2D eigenvalue weighted by Gasteiger charge is -2.17. The van der Waals surface area contributed by atoms with E-state index in [1.165, 1.54) is 5.56 Å². The molecule has 0 spiro atoms. The summed E-state index contributed by atoms with van der Waals surface area (Å²) in [4.78, 5) is 0. The Hall–Kier alpha value is -0.870. The van der Waals surface area contributed by atoms with E-state index in [1.54, 1.807) is 0 Å². The highest BCUT2D eigenvalue weighted by atomic mass is 16.5. The molecular weight excluding hydrogens is 202 g/mol. The molecule has 92 valence electrons. The molecule has 1 unspecified atom stereocenters. The van der Waals surface area contributed by atoms with Crippen LogP contribution in [0.5, 0.6) is 0 Å². The highest BCUT2D eigenvalue weighted by molar-refractivity contribution is 5.06. The molecule has 0 amide bonds. The third-order valence-corrected chi connectivity index (χ3v) is 2.53. The van der Waals surface area contributed by atoms with Gasteiger partial charge in [-0.3, -0.25) is 4.68 Å². The van der Waals surface area contributed by atoms with Crippen LogP contribution < -0.4 is 5.32 Å². The predicted octanol–water partition coefficient (Wildman–Crippen LogP) is 1.46. The topological polar surface area (TPSA) is 39.1 Å². The molecule has 0 aromatic carbocycles. The lowest BCUT2D eigenvalue weighted by atomic mass is 10.1. The second-order valence-corrected chi connectivity index (χ2v) is 4.28. The van der Waals surface area contributed by atoms with E-state index in [9.17, 15) is 0 Å². The monoisotopic (exact) mass is 225 g/mol. The maximum Gasteiger partial charge on any atom is 0.0626 e. The molecule has 1 atom stereocenters. The first-order valence-electron chi connectivity index (χ1n) is 5.95. The smallest absolute Gasteiger partial charge is 0.0626 e. The Bertz CT molecular complexity index is 296. The summed E-state index contributed by atoms with van der Waals surface area (Å²) >= 11 is 0. The predicted molar refractivity (Wildman–Crippen MR) is 65.5 cm³/mol. The second kappa shape index (κ2) is 6.66. The van der Waals surface area contributed by atoms with Gasteiger partial charge in [-0.15, -0.1) is 0 Å². The molecular formula is C12H23N3O. The summed E-state index contributed by atoms with van der Waals surface area (Å²) < 4.78 is 7.56. The molecule has 4 nitrogen and oxygen atoms in total. The van der Waals surface area contributed by atoms with Crippen molar-refractivity contribution in [2.24, 2.45) is 0 Å². The van der Waals surface area contributed by atoms with Gasteiger partial charge >= 0.3 is 0 Å². The molecule has 4 heteroatoms. The first-order valence-corrected chi connectivity index (χ1v) is 5.95. The largest absolute Gasteiger partial charge is 0.377 e. The van der Waals surface area contributed by atoms with Crippen LogP contribution in [0.1, 0.15) is 26.3 Å². The summed E-state index contributed by atoms with van der Waals surface area (Å²) in [7, 11) is 1.97. The van der Waals surface area contributed by atoms with Crippen LogP contribution in [0.25, 0.3) is 0 Å². The van der Waals surface area contributed by atoms with Crippen molar-refractivity contribution >= 4 is 0 Å². The van der Waals surface area contributed by atoms with Gasteiger partial charge in [-0.1, -0.05) is 0 Å². The van der Waals surface area contributed by atoms with Gasteiger partial charge in [0.05, 0.1) is 18.9 Å². The van der Waals surface area contributed by atoms with E-state index in [4.69, 9.17) is 4.74 Å². The Balaban J connectivity index is 2.42. The first kappa shape index (κ1) is 13.2. The molecule has 0 aliphatic rings. The zero-order valence-electron chi connectivity index (χ0n) is 10.7. The molecule has 1 heterocycles. The number of hydrogen-bond acceptors (Lipinski definition) is 3. The van der Waals surface area contributed by atoms with E-state index in [0.717, 1.165) is 19.6 Å². The minimum atomic E-state index is 0.286. The quantitative estimate of drug-likeness (QED) is 0.763. The maximum absolute atomic E-state index is 5.61. The SMILES string of the molecule is CCn1cc(CC(COC(C)C)NC)cn1. The first-order chi connectivity index (χ1) is 7.65. The molecule has 0 radical (unpaired) electrons. The molecule has 1 rings (SSSR count). The summed E-state index contributed by atoms with van der Waals surface area (Å²) in [6.07, 6.45) is 5.28. The minimum absolute atomic E-state index is 0.286. The fourth-order valence-electron chi connectivity index (χ4n) is 1.52. The molecule has 1 aromatic heterocycles. The Morgan fingerprint density at radius 1 is 1.50 bits per heavy atom. The summed E-state index contributed by atoms with van der Waals surface area (Å²) in [5.74, 6) is 0. The van der Waals surface area contributed by atoms with Crippen LogP contribution in [0.4, 0.5) is 0 Å². The van der Waals surface area contributed by atoms with Gasteiger partial charge in [-0.25, -0.2) is 0 Å². The van der Waals surface area contributed by atoms with E-state index in [1.807, 2.05) is 17.9 Å². The lowest BCUT2D eigenvalue weighted by Crippen LogP contribution is -2.33. The minimum Gasteiger partial charge on any atom is -0.377 e. The van der Waals surface area contributed by atoms with Crippen LogP contribution in [0.2, 0.25) is 0 Å². The van der Waals surface area contributed by atoms with Crippen LogP contribution in [0, 0.1) is 0 Å². The van der Waals surface area contributed by atoms with E-state index in [2.05, 4.69) is 37.4 Å². The molecule has 16 heavy (non-hydrogen) atoms. The van der Waals surface area contributed by atoms with Crippen LogP contribution in [-0.2, 0) is 17.7 Å². The second-order valence-electron chi connectivity index (χ2n) is 4.28. The number of hydrogen-bond donors (Lipinski definition) is 1. The Kier molecular flexibility index (Phi) is 5.49. The Morgan fingerprint density at radius 3 is 2.75 bits per heavy atom. The molecule has 1 N–H and O–H groups in total. The van der Waals surface area contributed by atoms with E-state index < -0.39 is 0 Å². The number of nitrogens with zero attached hydrogens (tertiary/aromatic N) is 2. The van der Waals surface area contributed by atoms with Crippen LogP contribution >= 0.6 is 0 Å². The van der Waals surface area contributed by atoms with Gasteiger partial charge in [0, 0.05) is 18.8 Å². The van der Waals surface area contributed by atoms with Gasteiger partial charge in [0.25, 0.3) is 0 Å². The van der Waals surface area contributed by atoms with Gasteiger partial charge in [-0.2, -0.15) is 5.10 Å². The van der Waals surface area contributed by atoms with Crippen LogP contribution in [-0.4, -0.2) is 35.6 Å². The summed E-state index contributed by atoms with van der Waals surface area (Å²) in [6.45, 7) is 7.87. The molecule has 0 fully saturated rings. The number of aryl methyl sites for hydroxylation is 1. The van der Waals surface area contributed by atoms with Crippen molar-refractivity contribution in [2.45, 2.75) is 45.9 Å². The van der Waals surface area contributed by atoms with E-state index in [-0.39, 0.29) is 6.10 Å². The molecule has 0 aliphatic heterocycles. The molecule has 0 bridgehead atoms. The summed E-state index contributed by atoms with van der Waals surface area (Å²) in [5, 5.41) is 7.54. The Labute approximate surface area is 98.0 Å². The van der Waals surface area contributed by atoms with Crippen molar-refractivity contribution in [3.8, 4) is 0 Å². The lowest BCUT2D eigenvalue weighted by molar-refractivity contribution is 0.0628. The molecule has 0 saturated heterocycles. The highest BCUT2D eigenvalue weighted by Crippen LogP contribution is 2.04. The average molecular weight is 225 g/mol. The van der Waals surface area contributed by atoms with Crippen molar-refractivity contribution in [1.29, 1.82) is 0 Å². The number of rotatable bonds is 7. The fourth-order valence-corrected chi connectivity index (χ4v) is 1.52. The standard InChI is InChI=1S/C12H23N3O/c1-5-15-8-11(7-14-15)6-12(13-4)9-16-10(2)3/h7-8,10,12-13H,5-6,9H2,1-4H3. The fraction of sp³-hybridized carbons (Fsp3) is 0.750. The van der Waals surface area contributed by atoms with Crippen LogP contribution in [0.15, 0.2) is 12.4 Å². The van der Waals surface area contributed by atoms with Gasteiger partial charge in [0.15, 0.2) is 0 Å². The molecule has 0 aliphatic carbocycles. The van der Waals surface area contributed by atoms with Crippen molar-refractivity contribution < 1.29 is 4.74 Å². The Morgan fingerprint density at radius 2 is 2.25 bits per heavy atom. The zero-order valence-corrected chi connectivity index (χ0v) is 10.7. The number of aromatic nitrogens is 2. The van der Waals surface area contributed by atoms with E-state index in [0.29, 0.717) is 6.04 Å². The third kappa shape index (κ3) is 4.33. The third-order valence-electron chi connectivity index (χ3n) is 2.53. The number of ether oxygens (including phenoxy) is 1. The van der Waals surface area contributed by atoms with Crippen molar-refractivity contribution in [1.82, 2.24) is 15.1 Å². The summed E-state index contributed by atoms with van der Waals surface area (Å²) in [5.41, 5.74) is 1.26. The number of nitrogens with one attached hydrogen (secondary N) is 1. The van der Waals surface area contributed by atoms with Gasteiger partial charge in [0.1, 0.15) is 0 Å². The van der Waals surface area contributed by atoms with E-state index >= 15 is 0 Å². The average Bonchev–Trinajstić information content (AvgIpc) is 2.71. The van der Waals surface area contributed by atoms with Crippen LogP contribution in [0.3, 0.4) is 0 Å². The molecule has 0 saturated carbocycles. The van der Waals surface area contributed by atoms with Crippen molar-refractivity contribution in [3.05, 3.63) is 18.0 Å². The summed E-state index contributed by atoms with van der Waals surface area (Å²) in [6, 6.07) is 0.358. The van der Waals surface area contributed by atoms with Gasteiger partial charge < -0.3 is 10.1 Å². The zero-order chi connectivity index (χ0) is 12.0.